The second-order valence-corrected chi connectivity index (χ2v) is 3.41. The van der Waals surface area contributed by atoms with E-state index in [0.29, 0.717) is 19.6 Å². The predicted molar refractivity (Wildman–Crippen MR) is 62.1 cm³/mol. The largest absolute Gasteiger partial charge is 0.466 e. The van der Waals surface area contributed by atoms with Crippen LogP contribution in [0.1, 0.15) is 18.9 Å². The molecule has 0 aliphatic rings. The first kappa shape index (κ1) is 12.6. The summed E-state index contributed by atoms with van der Waals surface area (Å²) in [6.45, 7) is 3.80. The molecule has 1 N–H and O–H groups in total. The normalized spacial score (nSPS) is 10.1. The molecule has 0 aromatic carbocycles. The van der Waals surface area contributed by atoms with Gasteiger partial charge in [0.1, 0.15) is 0 Å². The van der Waals surface area contributed by atoms with E-state index in [-0.39, 0.29) is 5.97 Å². The minimum Gasteiger partial charge on any atom is -0.466 e. The molecule has 4 heteroatoms. The third-order valence-corrected chi connectivity index (χ3v) is 2.15. The van der Waals surface area contributed by atoms with Gasteiger partial charge in [-0.05, 0) is 37.6 Å². The van der Waals surface area contributed by atoms with Crippen molar-refractivity contribution in [3.8, 4) is 0 Å². The fourth-order valence-electron chi connectivity index (χ4n) is 1.33. The first-order chi connectivity index (χ1) is 7.83. The minimum absolute atomic E-state index is 0.140. The Balaban J connectivity index is 2.02. The molecule has 0 saturated carbocycles. The molecule has 0 aliphatic carbocycles. The van der Waals surface area contributed by atoms with E-state index in [2.05, 4.69) is 10.3 Å². The summed E-state index contributed by atoms with van der Waals surface area (Å²) in [7, 11) is 0. The fourth-order valence-corrected chi connectivity index (χ4v) is 1.33. The topological polar surface area (TPSA) is 51.2 Å². The Kier molecular flexibility index (Phi) is 6.18. The van der Waals surface area contributed by atoms with Crippen LogP contribution in [0.5, 0.6) is 0 Å². The van der Waals surface area contributed by atoms with Gasteiger partial charge in [-0.25, -0.2) is 0 Å². The number of carbonyl (C=O) groups is 1. The maximum atomic E-state index is 11.0. The highest BCUT2D eigenvalue weighted by Crippen LogP contribution is 1.95. The van der Waals surface area contributed by atoms with E-state index in [1.807, 2.05) is 19.1 Å². The zero-order valence-corrected chi connectivity index (χ0v) is 9.61. The Labute approximate surface area is 96.0 Å². The molecule has 0 atom stereocenters. The van der Waals surface area contributed by atoms with Crippen LogP contribution in [0.3, 0.4) is 0 Å². The summed E-state index contributed by atoms with van der Waals surface area (Å²) < 4.78 is 4.82. The lowest BCUT2D eigenvalue weighted by Gasteiger charge is -2.04. The van der Waals surface area contributed by atoms with Gasteiger partial charge >= 0.3 is 5.97 Å². The number of nitrogens with zero attached hydrogens (tertiary/aromatic N) is 1. The number of esters is 1. The zero-order valence-electron chi connectivity index (χ0n) is 9.61. The van der Waals surface area contributed by atoms with Crippen LogP contribution in [0.25, 0.3) is 0 Å². The van der Waals surface area contributed by atoms with E-state index in [1.54, 1.807) is 12.4 Å². The van der Waals surface area contributed by atoms with Crippen molar-refractivity contribution < 1.29 is 9.53 Å². The van der Waals surface area contributed by atoms with Gasteiger partial charge in [0.2, 0.25) is 0 Å². The van der Waals surface area contributed by atoms with Crippen molar-refractivity contribution in [2.24, 2.45) is 0 Å². The van der Waals surface area contributed by atoms with E-state index >= 15 is 0 Å². The fraction of sp³-hybridized carbons (Fsp3) is 0.500. The van der Waals surface area contributed by atoms with Gasteiger partial charge in [0, 0.05) is 18.9 Å². The van der Waals surface area contributed by atoms with Crippen molar-refractivity contribution >= 4 is 5.97 Å². The first-order valence-electron chi connectivity index (χ1n) is 5.58. The third-order valence-electron chi connectivity index (χ3n) is 2.15. The maximum absolute atomic E-state index is 11.0. The molecular weight excluding hydrogens is 204 g/mol. The number of aromatic nitrogens is 1. The van der Waals surface area contributed by atoms with Gasteiger partial charge in [-0.3, -0.25) is 9.78 Å². The lowest BCUT2D eigenvalue weighted by molar-refractivity contribution is -0.142. The highest BCUT2D eigenvalue weighted by Gasteiger charge is 1.99. The van der Waals surface area contributed by atoms with Gasteiger partial charge in [0.25, 0.3) is 0 Å². The molecule has 1 heterocycles. The van der Waals surface area contributed by atoms with E-state index in [1.165, 1.54) is 5.56 Å². The van der Waals surface area contributed by atoms with Crippen molar-refractivity contribution in [2.45, 2.75) is 19.8 Å². The van der Waals surface area contributed by atoms with Gasteiger partial charge in [-0.2, -0.15) is 0 Å². The van der Waals surface area contributed by atoms with E-state index in [0.717, 1.165) is 13.0 Å². The van der Waals surface area contributed by atoms with Crippen LogP contribution < -0.4 is 5.32 Å². The predicted octanol–water partition coefficient (Wildman–Crippen LogP) is 1.17. The van der Waals surface area contributed by atoms with E-state index in [4.69, 9.17) is 4.74 Å². The van der Waals surface area contributed by atoms with Gasteiger partial charge in [0.15, 0.2) is 0 Å². The molecule has 0 spiro atoms. The number of hydrogen-bond donors (Lipinski definition) is 1. The Morgan fingerprint density at radius 3 is 2.81 bits per heavy atom. The first-order valence-corrected chi connectivity index (χ1v) is 5.58. The summed E-state index contributed by atoms with van der Waals surface area (Å²) in [6.07, 6.45) is 4.96. The van der Waals surface area contributed by atoms with Crippen molar-refractivity contribution in [1.29, 1.82) is 0 Å². The number of nitrogens with one attached hydrogen (secondary N) is 1. The second-order valence-electron chi connectivity index (χ2n) is 3.41. The lowest BCUT2D eigenvalue weighted by atomic mass is 10.2. The number of hydrogen-bond acceptors (Lipinski definition) is 4. The number of carbonyl (C=O) groups excluding carboxylic acids is 1. The lowest BCUT2D eigenvalue weighted by Crippen LogP contribution is -2.21. The Bertz CT molecular complexity index is 301. The zero-order chi connectivity index (χ0) is 11.6. The third kappa shape index (κ3) is 5.46. The quantitative estimate of drug-likeness (QED) is 0.555. The SMILES string of the molecule is CCOC(=O)CCNCCc1ccncc1. The van der Waals surface area contributed by atoms with Crippen molar-refractivity contribution in [3.05, 3.63) is 30.1 Å². The summed E-state index contributed by atoms with van der Waals surface area (Å²) >= 11 is 0. The van der Waals surface area contributed by atoms with Gasteiger partial charge in [-0.1, -0.05) is 0 Å². The molecule has 0 unspecified atom stereocenters. The van der Waals surface area contributed by atoms with Crippen LogP contribution in [0.2, 0.25) is 0 Å². The smallest absolute Gasteiger partial charge is 0.307 e. The molecule has 0 radical (unpaired) electrons. The summed E-state index contributed by atoms with van der Waals surface area (Å²) in [5.74, 6) is -0.140. The van der Waals surface area contributed by atoms with Gasteiger partial charge in [-0.15, -0.1) is 0 Å². The van der Waals surface area contributed by atoms with Crippen molar-refractivity contribution in [3.63, 3.8) is 0 Å². The molecule has 1 rings (SSSR count). The van der Waals surface area contributed by atoms with Crippen molar-refractivity contribution in [1.82, 2.24) is 10.3 Å². The Hall–Kier alpha value is -1.42. The maximum Gasteiger partial charge on any atom is 0.307 e. The highest BCUT2D eigenvalue weighted by molar-refractivity contribution is 5.69. The Morgan fingerprint density at radius 2 is 2.12 bits per heavy atom. The summed E-state index contributed by atoms with van der Waals surface area (Å²) in [6, 6.07) is 3.99. The molecule has 4 nitrogen and oxygen atoms in total. The van der Waals surface area contributed by atoms with E-state index < -0.39 is 0 Å². The molecule has 0 bridgehead atoms. The molecule has 0 aliphatic heterocycles. The highest BCUT2D eigenvalue weighted by atomic mass is 16.5. The summed E-state index contributed by atoms with van der Waals surface area (Å²) in [5, 5.41) is 3.20. The molecule has 0 amide bonds. The van der Waals surface area contributed by atoms with Crippen LogP contribution in [0, 0.1) is 0 Å². The summed E-state index contributed by atoms with van der Waals surface area (Å²) in [5.41, 5.74) is 1.25. The standard InChI is InChI=1S/C12H18N2O2/c1-2-16-12(15)6-10-14-9-5-11-3-7-13-8-4-11/h3-4,7-8,14H,2,5-6,9-10H2,1H3. The molecule has 1 aromatic heterocycles. The van der Waals surface area contributed by atoms with Crippen LogP contribution in [-0.4, -0.2) is 30.6 Å². The average molecular weight is 222 g/mol. The average Bonchev–Trinajstić information content (AvgIpc) is 2.30. The molecule has 88 valence electrons. The molecule has 16 heavy (non-hydrogen) atoms. The van der Waals surface area contributed by atoms with Crippen molar-refractivity contribution in [2.75, 3.05) is 19.7 Å². The van der Waals surface area contributed by atoms with Crippen LogP contribution >= 0.6 is 0 Å². The van der Waals surface area contributed by atoms with E-state index in [9.17, 15) is 4.79 Å². The van der Waals surface area contributed by atoms with Crippen LogP contribution in [0.4, 0.5) is 0 Å². The molecule has 0 fully saturated rings. The number of rotatable bonds is 7. The second kappa shape index (κ2) is 7.82. The molecular formula is C12H18N2O2. The molecule has 0 saturated heterocycles. The summed E-state index contributed by atoms with van der Waals surface area (Å²) in [4.78, 5) is 15.0. The van der Waals surface area contributed by atoms with Crippen LogP contribution in [-0.2, 0) is 16.0 Å². The monoisotopic (exact) mass is 222 g/mol. The number of pyridine rings is 1. The minimum atomic E-state index is -0.140. The van der Waals surface area contributed by atoms with Crippen LogP contribution in [0.15, 0.2) is 24.5 Å². The Morgan fingerprint density at radius 1 is 1.38 bits per heavy atom. The molecule has 1 aromatic rings. The van der Waals surface area contributed by atoms with Gasteiger partial charge < -0.3 is 10.1 Å². The van der Waals surface area contributed by atoms with Gasteiger partial charge in [0.05, 0.1) is 13.0 Å². The number of ether oxygens (including phenoxy) is 1.